The number of hydrogen-bond acceptors (Lipinski definition) is 5. The van der Waals surface area contributed by atoms with Gasteiger partial charge in [-0.3, -0.25) is 9.59 Å². The van der Waals surface area contributed by atoms with Gasteiger partial charge in [0.1, 0.15) is 11.6 Å². The van der Waals surface area contributed by atoms with Crippen LogP contribution in [0.2, 0.25) is 0 Å². The number of carbonyl (C=O) groups excluding carboxylic acids is 2. The summed E-state index contributed by atoms with van der Waals surface area (Å²) in [5, 5.41) is 3.06. The van der Waals surface area contributed by atoms with Gasteiger partial charge in [0.15, 0.2) is 0 Å². The number of aromatic nitrogens is 2. The lowest BCUT2D eigenvalue weighted by Gasteiger charge is -2.36. The molecule has 1 aliphatic heterocycles. The maximum absolute atomic E-state index is 13.3. The van der Waals surface area contributed by atoms with Crippen LogP contribution in [0.3, 0.4) is 0 Å². The van der Waals surface area contributed by atoms with Crippen LogP contribution in [0.15, 0.2) is 66.7 Å². The van der Waals surface area contributed by atoms with Crippen molar-refractivity contribution in [3.8, 4) is 0 Å². The highest BCUT2D eigenvalue weighted by atomic mass is 16.2. The standard InChI is InChI=1S/C28H33N5O2/c1-20(2)27-29-21(3)18-25(31-27)32-14-16-33(17-15-32)26(34)19-24(22-10-6-4-7-11-22)30-28(35)23-12-8-5-9-13-23/h4-13,18,20,24H,14-17,19H2,1-3H3,(H,30,35). The van der Waals surface area contributed by atoms with Gasteiger partial charge in [-0.1, -0.05) is 62.4 Å². The quantitative estimate of drug-likeness (QED) is 0.561. The first kappa shape index (κ1) is 24.4. The molecule has 1 saturated heterocycles. The van der Waals surface area contributed by atoms with Crippen LogP contribution in [0.4, 0.5) is 5.82 Å². The molecule has 0 bridgehead atoms. The van der Waals surface area contributed by atoms with Crippen LogP contribution in [0.5, 0.6) is 0 Å². The molecule has 0 spiro atoms. The highest BCUT2D eigenvalue weighted by Crippen LogP contribution is 2.22. The summed E-state index contributed by atoms with van der Waals surface area (Å²) < 4.78 is 0. The normalized spacial score (nSPS) is 14.6. The predicted octanol–water partition coefficient (Wildman–Crippen LogP) is 4.12. The molecule has 0 aliphatic carbocycles. The average Bonchev–Trinajstić information content (AvgIpc) is 2.89. The maximum Gasteiger partial charge on any atom is 0.251 e. The maximum atomic E-state index is 13.3. The SMILES string of the molecule is Cc1cc(N2CCN(C(=O)CC(NC(=O)c3ccccc3)c3ccccc3)CC2)nc(C(C)C)n1. The van der Waals surface area contributed by atoms with Gasteiger partial charge in [0.2, 0.25) is 5.91 Å². The number of nitrogens with one attached hydrogen (secondary N) is 1. The van der Waals surface area contributed by atoms with Crippen molar-refractivity contribution in [2.45, 2.75) is 39.2 Å². The van der Waals surface area contributed by atoms with E-state index in [9.17, 15) is 9.59 Å². The van der Waals surface area contributed by atoms with E-state index in [-0.39, 0.29) is 24.2 Å². The third kappa shape index (κ3) is 6.23. The van der Waals surface area contributed by atoms with Crippen LogP contribution in [-0.4, -0.2) is 52.9 Å². The highest BCUT2D eigenvalue weighted by molar-refractivity contribution is 5.94. The van der Waals surface area contributed by atoms with E-state index in [2.05, 4.69) is 29.0 Å². The average molecular weight is 472 g/mol. The summed E-state index contributed by atoms with van der Waals surface area (Å²) in [6.45, 7) is 8.84. The molecule has 1 atom stereocenters. The largest absolute Gasteiger partial charge is 0.353 e. The Morgan fingerprint density at radius 3 is 2.17 bits per heavy atom. The fourth-order valence-corrected chi connectivity index (χ4v) is 4.25. The summed E-state index contributed by atoms with van der Waals surface area (Å²) in [4.78, 5) is 39.5. The number of rotatable bonds is 7. The topological polar surface area (TPSA) is 78.4 Å². The van der Waals surface area contributed by atoms with Crippen LogP contribution in [-0.2, 0) is 4.79 Å². The molecular weight excluding hydrogens is 438 g/mol. The molecule has 1 aliphatic rings. The van der Waals surface area contributed by atoms with E-state index in [0.29, 0.717) is 31.7 Å². The fourth-order valence-electron chi connectivity index (χ4n) is 4.25. The minimum Gasteiger partial charge on any atom is -0.353 e. The molecule has 7 heteroatoms. The van der Waals surface area contributed by atoms with Gasteiger partial charge in [-0.25, -0.2) is 9.97 Å². The van der Waals surface area contributed by atoms with E-state index in [0.717, 1.165) is 22.9 Å². The predicted molar refractivity (Wildman–Crippen MR) is 137 cm³/mol. The number of hydrogen-bond donors (Lipinski definition) is 1. The summed E-state index contributed by atoms with van der Waals surface area (Å²) in [5.74, 6) is 1.88. The van der Waals surface area contributed by atoms with Gasteiger partial charge in [-0.15, -0.1) is 0 Å². The number of anilines is 1. The lowest BCUT2D eigenvalue weighted by atomic mass is 10.0. The van der Waals surface area contributed by atoms with E-state index < -0.39 is 6.04 Å². The Morgan fingerprint density at radius 1 is 0.914 bits per heavy atom. The first-order valence-electron chi connectivity index (χ1n) is 12.2. The smallest absolute Gasteiger partial charge is 0.251 e. The molecule has 2 heterocycles. The molecule has 182 valence electrons. The Balaban J connectivity index is 1.41. The second-order valence-corrected chi connectivity index (χ2v) is 9.26. The molecule has 35 heavy (non-hydrogen) atoms. The monoisotopic (exact) mass is 471 g/mol. The molecule has 1 unspecified atom stereocenters. The van der Waals surface area contributed by atoms with Crippen molar-refractivity contribution in [2.75, 3.05) is 31.1 Å². The molecule has 2 aromatic carbocycles. The number of benzene rings is 2. The molecule has 0 radical (unpaired) electrons. The van der Waals surface area contributed by atoms with Crippen LogP contribution >= 0.6 is 0 Å². The van der Waals surface area contributed by atoms with Crippen LogP contribution < -0.4 is 10.2 Å². The second-order valence-electron chi connectivity index (χ2n) is 9.26. The minimum absolute atomic E-state index is 0.0357. The summed E-state index contributed by atoms with van der Waals surface area (Å²) in [6, 6.07) is 20.4. The van der Waals surface area contributed by atoms with Crippen LogP contribution in [0.1, 0.15) is 59.7 Å². The second kappa shape index (κ2) is 11.1. The van der Waals surface area contributed by atoms with E-state index in [1.54, 1.807) is 12.1 Å². The Morgan fingerprint density at radius 2 is 1.54 bits per heavy atom. The van der Waals surface area contributed by atoms with Gasteiger partial charge >= 0.3 is 0 Å². The third-order valence-electron chi connectivity index (χ3n) is 6.25. The Bertz CT molecular complexity index is 1140. The molecule has 7 nitrogen and oxygen atoms in total. The Hall–Kier alpha value is -3.74. The first-order valence-corrected chi connectivity index (χ1v) is 12.2. The van der Waals surface area contributed by atoms with Crippen molar-refractivity contribution in [2.24, 2.45) is 0 Å². The summed E-state index contributed by atoms with van der Waals surface area (Å²) in [7, 11) is 0. The zero-order chi connectivity index (χ0) is 24.8. The van der Waals surface area contributed by atoms with Gasteiger partial charge in [-0.2, -0.15) is 0 Å². The molecule has 1 aromatic heterocycles. The summed E-state index contributed by atoms with van der Waals surface area (Å²) >= 11 is 0. The lowest BCUT2D eigenvalue weighted by molar-refractivity contribution is -0.132. The molecule has 1 N–H and O–H groups in total. The van der Waals surface area contributed by atoms with Crippen LogP contribution in [0, 0.1) is 6.92 Å². The lowest BCUT2D eigenvalue weighted by Crippen LogP contribution is -2.49. The number of carbonyl (C=O) groups is 2. The van der Waals surface area contributed by atoms with Crippen molar-refractivity contribution in [1.82, 2.24) is 20.2 Å². The van der Waals surface area contributed by atoms with Crippen molar-refractivity contribution in [1.29, 1.82) is 0 Å². The minimum atomic E-state index is -0.396. The first-order chi connectivity index (χ1) is 16.9. The Kier molecular flexibility index (Phi) is 7.75. The molecule has 1 fully saturated rings. The summed E-state index contributed by atoms with van der Waals surface area (Å²) in [5.41, 5.74) is 2.45. The van der Waals surface area contributed by atoms with Crippen LogP contribution in [0.25, 0.3) is 0 Å². The van der Waals surface area contributed by atoms with Gasteiger partial charge in [-0.05, 0) is 24.6 Å². The van der Waals surface area contributed by atoms with Gasteiger partial charge in [0, 0.05) is 49.4 Å². The van der Waals surface area contributed by atoms with E-state index in [1.165, 1.54) is 0 Å². The van der Waals surface area contributed by atoms with Gasteiger partial charge in [0.25, 0.3) is 5.91 Å². The zero-order valence-corrected chi connectivity index (χ0v) is 20.6. The molecule has 3 aromatic rings. The van der Waals surface area contributed by atoms with E-state index in [4.69, 9.17) is 4.98 Å². The van der Waals surface area contributed by atoms with Crippen molar-refractivity contribution >= 4 is 17.6 Å². The van der Waals surface area contributed by atoms with E-state index >= 15 is 0 Å². The van der Waals surface area contributed by atoms with E-state index in [1.807, 2.05) is 66.4 Å². The van der Waals surface area contributed by atoms with Crippen molar-refractivity contribution < 1.29 is 9.59 Å². The highest BCUT2D eigenvalue weighted by Gasteiger charge is 2.26. The van der Waals surface area contributed by atoms with Crippen molar-refractivity contribution in [3.05, 3.63) is 89.4 Å². The third-order valence-corrected chi connectivity index (χ3v) is 6.25. The number of nitrogens with zero attached hydrogens (tertiary/aromatic N) is 4. The van der Waals surface area contributed by atoms with Gasteiger partial charge < -0.3 is 15.1 Å². The molecular formula is C28H33N5O2. The number of aryl methyl sites for hydroxylation is 1. The van der Waals surface area contributed by atoms with Gasteiger partial charge in [0.05, 0.1) is 12.5 Å². The fraction of sp³-hybridized carbons (Fsp3) is 0.357. The number of amides is 2. The molecule has 2 amide bonds. The summed E-state index contributed by atoms with van der Waals surface area (Å²) in [6.07, 6.45) is 0.215. The molecule has 0 saturated carbocycles. The van der Waals surface area contributed by atoms with Crippen molar-refractivity contribution in [3.63, 3.8) is 0 Å². The number of piperazine rings is 1. The zero-order valence-electron chi connectivity index (χ0n) is 20.6. The molecule has 4 rings (SSSR count). The Labute approximate surface area is 207 Å².